The molecule has 0 saturated heterocycles. The molecule has 1 aromatic heterocycles. The number of aromatic nitrogens is 1. The minimum Gasteiger partial charge on any atom is -0.333 e. The summed E-state index contributed by atoms with van der Waals surface area (Å²) in [5.74, 6) is -0.531. The van der Waals surface area contributed by atoms with Gasteiger partial charge in [0.2, 0.25) is 0 Å². The third-order valence-corrected chi connectivity index (χ3v) is 2.88. The van der Waals surface area contributed by atoms with Crippen LogP contribution in [0, 0.1) is 5.82 Å². The number of pyridine rings is 1. The van der Waals surface area contributed by atoms with E-state index >= 15 is 0 Å². The zero-order chi connectivity index (χ0) is 11.5. The molecule has 1 aromatic rings. The Hall–Kier alpha value is -0.970. The van der Waals surface area contributed by atoms with Crippen LogP contribution in [0.3, 0.4) is 0 Å². The van der Waals surface area contributed by atoms with E-state index in [1.54, 1.807) is 4.90 Å². The van der Waals surface area contributed by atoms with Gasteiger partial charge < -0.3 is 4.90 Å². The number of hydrogen-bond donors (Lipinski definition) is 0. The predicted octanol–water partition coefficient (Wildman–Crippen LogP) is 2.22. The molecule has 0 aliphatic heterocycles. The molecule has 3 nitrogen and oxygen atoms in total. The van der Waals surface area contributed by atoms with Gasteiger partial charge in [-0.3, -0.25) is 4.79 Å². The van der Waals surface area contributed by atoms with Gasteiger partial charge in [0.15, 0.2) is 0 Å². The Labute approximate surface area is 102 Å². The van der Waals surface area contributed by atoms with Crippen molar-refractivity contribution in [3.05, 3.63) is 29.8 Å². The molecular weight excluding hydrogens is 275 g/mol. The lowest BCUT2D eigenvalue weighted by Crippen LogP contribution is -2.35. The number of nitrogens with zero attached hydrogens (tertiary/aromatic N) is 2. The van der Waals surface area contributed by atoms with Gasteiger partial charge in [0, 0.05) is 17.9 Å². The summed E-state index contributed by atoms with van der Waals surface area (Å²) in [5, 5.41) is 0.746. The molecule has 5 heteroatoms. The topological polar surface area (TPSA) is 33.2 Å². The minimum atomic E-state index is -0.421. The van der Waals surface area contributed by atoms with Crippen LogP contribution in [0.1, 0.15) is 23.3 Å². The van der Waals surface area contributed by atoms with E-state index in [-0.39, 0.29) is 5.91 Å². The van der Waals surface area contributed by atoms with E-state index in [4.69, 9.17) is 0 Å². The van der Waals surface area contributed by atoms with Crippen molar-refractivity contribution in [3.63, 3.8) is 0 Å². The number of carbonyl (C=O) groups excluding carboxylic acids is 1. The summed E-state index contributed by atoms with van der Waals surface area (Å²) >= 11 is 3.32. The zero-order valence-corrected chi connectivity index (χ0v) is 10.3. The van der Waals surface area contributed by atoms with Crippen molar-refractivity contribution in [3.8, 4) is 0 Å². The molecule has 0 aromatic carbocycles. The highest BCUT2D eigenvalue weighted by molar-refractivity contribution is 9.09. The monoisotopic (exact) mass is 286 g/mol. The molecule has 1 fully saturated rings. The molecule has 0 N–H and O–H groups in total. The lowest BCUT2D eigenvalue weighted by atomic mass is 10.3. The van der Waals surface area contributed by atoms with Gasteiger partial charge in [-0.25, -0.2) is 9.37 Å². The summed E-state index contributed by atoms with van der Waals surface area (Å²) in [6.45, 7) is 0.669. The highest BCUT2D eigenvalue weighted by Crippen LogP contribution is 2.27. The van der Waals surface area contributed by atoms with Crippen molar-refractivity contribution in [2.24, 2.45) is 0 Å². The summed E-state index contributed by atoms with van der Waals surface area (Å²) in [6.07, 6.45) is 3.19. The maximum absolute atomic E-state index is 12.7. The van der Waals surface area contributed by atoms with Crippen LogP contribution in [-0.4, -0.2) is 33.7 Å². The normalized spacial score (nSPS) is 14.9. The van der Waals surface area contributed by atoms with E-state index in [0.29, 0.717) is 18.3 Å². The second-order valence-electron chi connectivity index (χ2n) is 3.78. The lowest BCUT2D eigenvalue weighted by Gasteiger charge is -2.20. The largest absolute Gasteiger partial charge is 0.333 e. The average Bonchev–Trinajstić information content (AvgIpc) is 3.10. The number of alkyl halides is 1. The van der Waals surface area contributed by atoms with Gasteiger partial charge in [0.1, 0.15) is 11.5 Å². The summed E-state index contributed by atoms with van der Waals surface area (Å²) < 4.78 is 12.7. The van der Waals surface area contributed by atoms with Crippen LogP contribution in [0.4, 0.5) is 4.39 Å². The first-order valence-corrected chi connectivity index (χ1v) is 6.33. The summed E-state index contributed by atoms with van der Waals surface area (Å²) in [4.78, 5) is 17.7. The van der Waals surface area contributed by atoms with Crippen molar-refractivity contribution in [1.82, 2.24) is 9.88 Å². The standard InChI is InChI=1S/C11H12BrFN2O/c12-5-6-15(9-2-3-9)11(16)10-4-1-8(13)7-14-10/h1,4,7,9H,2-3,5-6H2. The van der Waals surface area contributed by atoms with Crippen LogP contribution >= 0.6 is 15.9 Å². The molecule has 0 atom stereocenters. The quantitative estimate of drug-likeness (QED) is 0.796. The fraction of sp³-hybridized carbons (Fsp3) is 0.455. The summed E-state index contributed by atoms with van der Waals surface area (Å²) in [5.41, 5.74) is 0.314. The van der Waals surface area contributed by atoms with Crippen LogP contribution < -0.4 is 0 Å². The molecule has 0 unspecified atom stereocenters. The van der Waals surface area contributed by atoms with E-state index < -0.39 is 5.82 Å². The van der Waals surface area contributed by atoms with Crippen molar-refractivity contribution in [2.75, 3.05) is 11.9 Å². The molecule has 0 radical (unpaired) electrons. The number of halogens is 2. The first kappa shape index (κ1) is 11.5. The maximum atomic E-state index is 12.7. The van der Waals surface area contributed by atoms with Gasteiger partial charge in [0.05, 0.1) is 6.20 Å². The van der Waals surface area contributed by atoms with Gasteiger partial charge in [-0.15, -0.1) is 0 Å². The first-order chi connectivity index (χ1) is 7.72. The molecule has 1 aliphatic rings. The van der Waals surface area contributed by atoms with Crippen LogP contribution in [-0.2, 0) is 0 Å². The minimum absolute atomic E-state index is 0.109. The van der Waals surface area contributed by atoms with E-state index in [1.807, 2.05) is 0 Å². The molecular formula is C11H12BrFN2O. The molecule has 1 aliphatic carbocycles. The fourth-order valence-corrected chi connectivity index (χ4v) is 1.96. The second-order valence-corrected chi connectivity index (χ2v) is 4.57. The summed E-state index contributed by atoms with van der Waals surface area (Å²) in [6, 6.07) is 3.04. The Morgan fingerprint density at radius 3 is 2.81 bits per heavy atom. The van der Waals surface area contributed by atoms with Gasteiger partial charge in [-0.2, -0.15) is 0 Å². The highest BCUT2D eigenvalue weighted by Gasteiger charge is 2.32. The molecule has 1 saturated carbocycles. The van der Waals surface area contributed by atoms with Crippen LogP contribution in [0.25, 0.3) is 0 Å². The Morgan fingerprint density at radius 1 is 1.56 bits per heavy atom. The SMILES string of the molecule is O=C(c1ccc(F)cn1)N(CCBr)C1CC1. The molecule has 86 valence electrons. The van der Waals surface area contributed by atoms with Crippen LogP contribution in [0.15, 0.2) is 18.3 Å². The third-order valence-electron chi connectivity index (χ3n) is 2.52. The zero-order valence-electron chi connectivity index (χ0n) is 8.70. The van der Waals surface area contributed by atoms with Crippen molar-refractivity contribution < 1.29 is 9.18 Å². The molecule has 0 bridgehead atoms. The van der Waals surface area contributed by atoms with Gasteiger partial charge in [-0.1, -0.05) is 15.9 Å². The predicted molar refractivity (Wildman–Crippen MR) is 62.0 cm³/mol. The number of carbonyl (C=O) groups is 1. The van der Waals surface area contributed by atoms with Gasteiger partial charge in [0.25, 0.3) is 5.91 Å². The number of rotatable bonds is 4. The number of hydrogen-bond acceptors (Lipinski definition) is 2. The smallest absolute Gasteiger partial charge is 0.272 e. The molecule has 1 heterocycles. The highest BCUT2D eigenvalue weighted by atomic mass is 79.9. The van der Waals surface area contributed by atoms with E-state index in [9.17, 15) is 9.18 Å². The second kappa shape index (κ2) is 4.91. The fourth-order valence-electron chi connectivity index (χ4n) is 1.58. The van der Waals surface area contributed by atoms with Crippen LogP contribution in [0.2, 0.25) is 0 Å². The van der Waals surface area contributed by atoms with Crippen molar-refractivity contribution in [1.29, 1.82) is 0 Å². The summed E-state index contributed by atoms with van der Waals surface area (Å²) in [7, 11) is 0. The van der Waals surface area contributed by atoms with Gasteiger partial charge >= 0.3 is 0 Å². The molecule has 0 spiro atoms. The van der Waals surface area contributed by atoms with Crippen LogP contribution in [0.5, 0.6) is 0 Å². The Bertz CT molecular complexity index is 378. The first-order valence-electron chi connectivity index (χ1n) is 5.21. The maximum Gasteiger partial charge on any atom is 0.272 e. The van der Waals surface area contributed by atoms with E-state index in [2.05, 4.69) is 20.9 Å². The van der Waals surface area contributed by atoms with E-state index in [0.717, 1.165) is 24.4 Å². The van der Waals surface area contributed by atoms with E-state index in [1.165, 1.54) is 12.1 Å². The Kier molecular flexibility index (Phi) is 3.53. The number of amides is 1. The Morgan fingerprint density at radius 2 is 2.31 bits per heavy atom. The molecule has 16 heavy (non-hydrogen) atoms. The van der Waals surface area contributed by atoms with Gasteiger partial charge in [-0.05, 0) is 25.0 Å². The average molecular weight is 287 g/mol. The third kappa shape index (κ3) is 2.58. The van der Waals surface area contributed by atoms with Crippen molar-refractivity contribution >= 4 is 21.8 Å². The Balaban J connectivity index is 2.12. The molecule has 1 amide bonds. The van der Waals surface area contributed by atoms with Crippen molar-refractivity contribution in [2.45, 2.75) is 18.9 Å². The molecule has 2 rings (SSSR count). The lowest BCUT2D eigenvalue weighted by molar-refractivity contribution is 0.0748.